The van der Waals surface area contributed by atoms with Crippen LogP contribution in [0.2, 0.25) is 0 Å². The predicted octanol–water partition coefficient (Wildman–Crippen LogP) is 4.32. The molecule has 0 aliphatic carbocycles. The van der Waals surface area contributed by atoms with Crippen molar-refractivity contribution < 1.29 is 13.5 Å². The first kappa shape index (κ1) is 18.6. The number of benzene rings is 2. The maximum absolute atomic E-state index is 14.5. The molecule has 146 valence electrons. The lowest BCUT2D eigenvalue weighted by Crippen LogP contribution is -2.33. The summed E-state index contributed by atoms with van der Waals surface area (Å²) in [4.78, 5) is 1.87. The van der Waals surface area contributed by atoms with Crippen LogP contribution in [0.3, 0.4) is 0 Å². The van der Waals surface area contributed by atoms with Crippen molar-refractivity contribution in [2.45, 2.75) is 19.5 Å². The predicted molar refractivity (Wildman–Crippen MR) is 106 cm³/mol. The van der Waals surface area contributed by atoms with Crippen molar-refractivity contribution in [2.75, 3.05) is 18.6 Å². The van der Waals surface area contributed by atoms with E-state index >= 15 is 0 Å². The molecule has 0 fully saturated rings. The Labute approximate surface area is 166 Å². The van der Waals surface area contributed by atoms with Gasteiger partial charge in [-0.05, 0) is 61.0 Å². The summed E-state index contributed by atoms with van der Waals surface area (Å²) in [5, 5.41) is 4.65. The molecule has 8 heteroatoms. The third-order valence-corrected chi connectivity index (χ3v) is 5.48. The molecule has 0 saturated heterocycles. The van der Waals surface area contributed by atoms with E-state index in [0.29, 0.717) is 41.5 Å². The SMILES string of the molecule is COc1ccc(-c2nn(CN3CCCc4cc(F)cc(F)c43)c(=S)n2C)cc1. The van der Waals surface area contributed by atoms with Crippen LogP contribution in [-0.4, -0.2) is 28.0 Å². The van der Waals surface area contributed by atoms with Gasteiger partial charge >= 0.3 is 0 Å². The van der Waals surface area contributed by atoms with Crippen LogP contribution in [0.4, 0.5) is 14.5 Å². The summed E-state index contributed by atoms with van der Waals surface area (Å²) < 4.78 is 37.2. The summed E-state index contributed by atoms with van der Waals surface area (Å²) in [6, 6.07) is 9.89. The van der Waals surface area contributed by atoms with Gasteiger partial charge in [-0.3, -0.25) is 0 Å². The van der Waals surface area contributed by atoms with Crippen molar-refractivity contribution >= 4 is 17.9 Å². The average Bonchev–Trinajstić information content (AvgIpc) is 2.96. The van der Waals surface area contributed by atoms with Crippen LogP contribution < -0.4 is 9.64 Å². The van der Waals surface area contributed by atoms with Crippen LogP contribution in [-0.2, 0) is 20.1 Å². The minimum Gasteiger partial charge on any atom is -0.497 e. The molecular weight excluding hydrogens is 382 g/mol. The zero-order valence-electron chi connectivity index (χ0n) is 15.7. The van der Waals surface area contributed by atoms with Gasteiger partial charge in [0.25, 0.3) is 0 Å². The molecule has 2 heterocycles. The Morgan fingerprint density at radius 3 is 2.64 bits per heavy atom. The molecule has 3 aromatic rings. The maximum atomic E-state index is 14.5. The monoisotopic (exact) mass is 402 g/mol. The first-order valence-corrected chi connectivity index (χ1v) is 9.40. The van der Waals surface area contributed by atoms with Gasteiger partial charge in [-0.15, -0.1) is 5.10 Å². The normalized spacial score (nSPS) is 13.5. The molecule has 5 nitrogen and oxygen atoms in total. The van der Waals surface area contributed by atoms with E-state index in [1.807, 2.05) is 40.8 Å². The van der Waals surface area contributed by atoms with Gasteiger partial charge in [-0.1, -0.05) is 0 Å². The van der Waals surface area contributed by atoms with Crippen LogP contribution in [0.15, 0.2) is 36.4 Å². The van der Waals surface area contributed by atoms with Crippen LogP contribution >= 0.6 is 12.2 Å². The van der Waals surface area contributed by atoms with Crippen LogP contribution in [0.25, 0.3) is 11.4 Å². The number of aryl methyl sites for hydroxylation is 1. The Morgan fingerprint density at radius 2 is 1.93 bits per heavy atom. The van der Waals surface area contributed by atoms with E-state index in [2.05, 4.69) is 5.10 Å². The van der Waals surface area contributed by atoms with Gasteiger partial charge in [-0.2, -0.15) is 0 Å². The third kappa shape index (κ3) is 3.28. The highest BCUT2D eigenvalue weighted by Gasteiger charge is 2.23. The standard InChI is InChI=1S/C20H20F2N4OS/c1-24-19(13-5-7-16(27-2)8-6-13)23-26(20(24)28)12-25-9-3-4-14-10-15(21)11-17(22)18(14)25/h5-8,10-11H,3-4,9,12H2,1-2H3. The zero-order chi connectivity index (χ0) is 19.8. The van der Waals surface area contributed by atoms with Crippen molar-refractivity contribution in [3.8, 4) is 17.1 Å². The largest absolute Gasteiger partial charge is 0.497 e. The minimum atomic E-state index is -0.549. The summed E-state index contributed by atoms with van der Waals surface area (Å²) in [5.41, 5.74) is 2.02. The first-order chi connectivity index (χ1) is 13.5. The van der Waals surface area contributed by atoms with Crippen molar-refractivity contribution in [2.24, 2.45) is 7.05 Å². The second kappa shape index (κ2) is 7.35. The van der Waals surface area contributed by atoms with E-state index in [-0.39, 0.29) is 0 Å². The van der Waals surface area contributed by atoms with E-state index < -0.39 is 11.6 Å². The lowest BCUT2D eigenvalue weighted by Gasteiger charge is -2.31. The molecule has 28 heavy (non-hydrogen) atoms. The molecule has 1 aliphatic heterocycles. The number of ether oxygens (including phenoxy) is 1. The number of nitrogens with zero attached hydrogens (tertiary/aromatic N) is 4. The molecule has 2 aromatic carbocycles. The van der Waals surface area contributed by atoms with Crippen molar-refractivity contribution in [3.63, 3.8) is 0 Å². The van der Waals surface area contributed by atoms with E-state index in [4.69, 9.17) is 17.0 Å². The molecule has 0 saturated carbocycles. The molecule has 0 unspecified atom stereocenters. The fourth-order valence-electron chi connectivity index (χ4n) is 3.61. The van der Waals surface area contributed by atoms with Crippen LogP contribution in [0, 0.1) is 16.4 Å². The van der Waals surface area contributed by atoms with Crippen molar-refractivity contribution in [3.05, 3.63) is 58.4 Å². The van der Waals surface area contributed by atoms with Gasteiger partial charge in [-0.25, -0.2) is 13.5 Å². The van der Waals surface area contributed by atoms with Crippen molar-refractivity contribution in [1.82, 2.24) is 14.3 Å². The third-order valence-electron chi connectivity index (χ3n) is 4.99. The van der Waals surface area contributed by atoms with Gasteiger partial charge in [0.05, 0.1) is 12.8 Å². The van der Waals surface area contributed by atoms with Gasteiger partial charge in [0.2, 0.25) is 0 Å². The molecule has 0 atom stereocenters. The van der Waals surface area contributed by atoms with Gasteiger partial charge in [0, 0.05) is 25.2 Å². The molecule has 1 aliphatic rings. The Balaban J connectivity index is 1.68. The number of hydrogen-bond donors (Lipinski definition) is 0. The number of anilines is 1. The van der Waals surface area contributed by atoms with Crippen LogP contribution in [0.5, 0.6) is 5.75 Å². The molecular formula is C20H20F2N4OS. The highest BCUT2D eigenvalue weighted by Crippen LogP contribution is 2.31. The summed E-state index contributed by atoms with van der Waals surface area (Å²) in [6.45, 7) is 0.962. The number of halogens is 2. The summed E-state index contributed by atoms with van der Waals surface area (Å²) in [5.74, 6) is 0.378. The van der Waals surface area contributed by atoms with Gasteiger partial charge < -0.3 is 14.2 Å². The number of rotatable bonds is 4. The molecule has 0 N–H and O–H groups in total. The highest BCUT2D eigenvalue weighted by atomic mass is 32.1. The first-order valence-electron chi connectivity index (χ1n) is 8.99. The van der Waals surface area contributed by atoms with Gasteiger partial charge in [0.1, 0.15) is 24.1 Å². The van der Waals surface area contributed by atoms with E-state index in [0.717, 1.165) is 23.8 Å². The molecule has 0 bridgehead atoms. The second-order valence-corrected chi connectivity index (χ2v) is 7.16. The summed E-state index contributed by atoms with van der Waals surface area (Å²) in [7, 11) is 3.47. The molecule has 1 aromatic heterocycles. The zero-order valence-corrected chi connectivity index (χ0v) is 16.5. The smallest absolute Gasteiger partial charge is 0.199 e. The van der Waals surface area contributed by atoms with Crippen LogP contribution in [0.1, 0.15) is 12.0 Å². The Hall–Kier alpha value is -2.74. The molecule has 4 rings (SSSR count). The fraction of sp³-hybridized carbons (Fsp3) is 0.300. The lowest BCUT2D eigenvalue weighted by atomic mass is 10.0. The van der Waals surface area contributed by atoms with E-state index in [9.17, 15) is 8.78 Å². The fourth-order valence-corrected chi connectivity index (χ4v) is 3.80. The summed E-state index contributed by atoms with van der Waals surface area (Å²) in [6.07, 6.45) is 1.48. The number of methoxy groups -OCH3 is 1. The highest BCUT2D eigenvalue weighted by molar-refractivity contribution is 7.71. The number of hydrogen-bond acceptors (Lipinski definition) is 4. The second-order valence-electron chi connectivity index (χ2n) is 6.80. The topological polar surface area (TPSA) is 35.2 Å². The molecule has 0 radical (unpaired) electrons. The quantitative estimate of drug-likeness (QED) is 0.609. The minimum absolute atomic E-state index is 0.304. The Bertz CT molecular complexity index is 1080. The average molecular weight is 402 g/mol. The van der Waals surface area contributed by atoms with Gasteiger partial charge in [0.15, 0.2) is 10.6 Å². The van der Waals surface area contributed by atoms with Crippen molar-refractivity contribution in [1.29, 1.82) is 0 Å². The Morgan fingerprint density at radius 1 is 1.18 bits per heavy atom. The number of aromatic nitrogens is 3. The molecule has 0 spiro atoms. The molecule has 0 amide bonds. The maximum Gasteiger partial charge on any atom is 0.199 e. The summed E-state index contributed by atoms with van der Waals surface area (Å²) >= 11 is 5.54. The van der Waals surface area contributed by atoms with E-state index in [1.165, 1.54) is 6.07 Å². The number of fused-ring (bicyclic) bond motifs is 1. The Kier molecular flexibility index (Phi) is 4.89. The lowest BCUT2D eigenvalue weighted by molar-refractivity contribution is 0.415. The van der Waals surface area contributed by atoms with E-state index in [1.54, 1.807) is 11.8 Å².